The van der Waals surface area contributed by atoms with Crippen LogP contribution in [0, 0.1) is 6.33 Å². The summed E-state index contributed by atoms with van der Waals surface area (Å²) in [6.45, 7) is 4.42. The molecule has 0 amide bonds. The van der Waals surface area contributed by atoms with Crippen molar-refractivity contribution in [3.8, 4) is 0 Å². The number of rotatable bonds is 3. The molecule has 1 atom stereocenters. The molecule has 2 heteroatoms. The highest BCUT2D eigenvalue weighted by Gasteiger charge is 2.07. The lowest BCUT2D eigenvalue weighted by Crippen LogP contribution is -2.03. The van der Waals surface area contributed by atoms with Gasteiger partial charge < -0.3 is 4.57 Å². The molecule has 1 radical (unpaired) electrons. The number of fused-ring (bicyclic) bond motifs is 1. The zero-order valence-electron chi connectivity index (χ0n) is 8.70. The highest BCUT2D eigenvalue weighted by atomic mass is 15.1. The highest BCUT2D eigenvalue weighted by molar-refractivity contribution is 5.74. The maximum absolute atomic E-state index is 4.26. The number of hydrogen-bond acceptors (Lipinski definition) is 1. The van der Waals surface area contributed by atoms with E-state index in [1.807, 2.05) is 18.2 Å². The molecule has 1 heterocycles. The van der Waals surface area contributed by atoms with Crippen molar-refractivity contribution >= 4 is 11.0 Å². The van der Waals surface area contributed by atoms with E-state index in [-0.39, 0.29) is 0 Å². The summed E-state index contributed by atoms with van der Waals surface area (Å²) < 4.78 is 2.14. The summed E-state index contributed by atoms with van der Waals surface area (Å²) in [5, 5.41) is 0. The second-order valence-corrected chi connectivity index (χ2v) is 3.71. The van der Waals surface area contributed by atoms with Crippen LogP contribution < -0.4 is 0 Å². The van der Waals surface area contributed by atoms with Gasteiger partial charge in [0.25, 0.3) is 0 Å². The lowest BCUT2D eigenvalue weighted by Gasteiger charge is -2.12. The number of imidazole rings is 1. The van der Waals surface area contributed by atoms with E-state index in [9.17, 15) is 0 Å². The van der Waals surface area contributed by atoms with Gasteiger partial charge in [-0.05, 0) is 25.5 Å². The Morgan fingerprint density at radius 2 is 2.21 bits per heavy atom. The van der Waals surface area contributed by atoms with Crippen molar-refractivity contribution in [1.82, 2.24) is 9.55 Å². The fraction of sp³-hybridized carbons (Fsp3) is 0.417. The Bertz CT molecular complexity index is 417. The topological polar surface area (TPSA) is 17.8 Å². The second kappa shape index (κ2) is 3.82. The molecule has 2 aromatic rings. The van der Waals surface area contributed by atoms with E-state index >= 15 is 0 Å². The first-order chi connectivity index (χ1) is 6.83. The van der Waals surface area contributed by atoms with Crippen LogP contribution in [0.3, 0.4) is 0 Å². The molecule has 0 bridgehead atoms. The molecule has 1 unspecified atom stereocenters. The molecule has 0 saturated carbocycles. The first-order valence-electron chi connectivity index (χ1n) is 5.17. The van der Waals surface area contributed by atoms with E-state index in [1.54, 1.807) is 0 Å². The molecule has 0 aliphatic rings. The monoisotopic (exact) mass is 187 g/mol. The van der Waals surface area contributed by atoms with Gasteiger partial charge in [0, 0.05) is 6.04 Å². The fourth-order valence-corrected chi connectivity index (χ4v) is 1.81. The van der Waals surface area contributed by atoms with Crippen LogP contribution in [0.2, 0.25) is 0 Å². The van der Waals surface area contributed by atoms with Gasteiger partial charge in [0.1, 0.15) is 0 Å². The Morgan fingerprint density at radius 1 is 1.43 bits per heavy atom. The zero-order chi connectivity index (χ0) is 9.97. The molecule has 0 aliphatic carbocycles. The van der Waals surface area contributed by atoms with Crippen LogP contribution in [0.1, 0.15) is 32.7 Å². The van der Waals surface area contributed by atoms with Crippen LogP contribution in [0.4, 0.5) is 0 Å². The predicted molar refractivity (Wildman–Crippen MR) is 58.2 cm³/mol. The van der Waals surface area contributed by atoms with Gasteiger partial charge in [-0.2, -0.15) is 0 Å². The van der Waals surface area contributed by atoms with Gasteiger partial charge in [-0.15, -0.1) is 0 Å². The van der Waals surface area contributed by atoms with Gasteiger partial charge in [-0.1, -0.05) is 25.5 Å². The molecule has 73 valence electrons. The maximum Gasteiger partial charge on any atom is 0.177 e. The number of hydrogen-bond donors (Lipinski definition) is 0. The Labute approximate surface area is 84.6 Å². The van der Waals surface area contributed by atoms with Gasteiger partial charge >= 0.3 is 0 Å². The molecule has 2 rings (SSSR count). The van der Waals surface area contributed by atoms with Crippen LogP contribution in [-0.2, 0) is 0 Å². The quantitative estimate of drug-likeness (QED) is 0.721. The third-order valence-electron chi connectivity index (χ3n) is 2.57. The van der Waals surface area contributed by atoms with E-state index in [2.05, 4.69) is 35.8 Å². The minimum atomic E-state index is 0.493. The Balaban J connectivity index is 2.42. The zero-order valence-corrected chi connectivity index (χ0v) is 8.70. The normalized spacial score (nSPS) is 13.3. The number of aromatic nitrogens is 2. The van der Waals surface area contributed by atoms with Crippen molar-refractivity contribution < 1.29 is 0 Å². The van der Waals surface area contributed by atoms with E-state index < -0.39 is 0 Å². The van der Waals surface area contributed by atoms with Crippen LogP contribution in [-0.4, -0.2) is 9.55 Å². The third-order valence-corrected chi connectivity index (χ3v) is 2.57. The Morgan fingerprint density at radius 3 is 3.00 bits per heavy atom. The average molecular weight is 187 g/mol. The predicted octanol–water partition coefficient (Wildman–Crippen LogP) is 3.20. The van der Waals surface area contributed by atoms with Crippen molar-refractivity contribution in [1.29, 1.82) is 0 Å². The van der Waals surface area contributed by atoms with Gasteiger partial charge in [-0.3, -0.25) is 0 Å². The summed E-state index contributed by atoms with van der Waals surface area (Å²) in [6.07, 6.45) is 5.44. The van der Waals surface area contributed by atoms with E-state index in [4.69, 9.17) is 0 Å². The molecule has 1 aromatic heterocycles. The summed E-state index contributed by atoms with van der Waals surface area (Å²) in [7, 11) is 0. The number of benzene rings is 1. The summed E-state index contributed by atoms with van der Waals surface area (Å²) in [5.74, 6) is 0. The smallest absolute Gasteiger partial charge is 0.177 e. The first kappa shape index (κ1) is 9.25. The highest BCUT2D eigenvalue weighted by Crippen LogP contribution is 2.19. The molecule has 2 nitrogen and oxygen atoms in total. The first-order valence-corrected chi connectivity index (χ1v) is 5.17. The molecule has 0 aliphatic heterocycles. The van der Waals surface area contributed by atoms with Gasteiger partial charge in [0.2, 0.25) is 0 Å². The Kier molecular flexibility index (Phi) is 2.53. The fourth-order valence-electron chi connectivity index (χ4n) is 1.81. The van der Waals surface area contributed by atoms with Crippen molar-refractivity contribution in [2.24, 2.45) is 0 Å². The van der Waals surface area contributed by atoms with Crippen LogP contribution in [0.5, 0.6) is 0 Å². The molecule has 0 fully saturated rings. The molecule has 1 aromatic carbocycles. The van der Waals surface area contributed by atoms with Crippen LogP contribution in [0.25, 0.3) is 11.0 Å². The van der Waals surface area contributed by atoms with E-state index in [0.717, 1.165) is 5.52 Å². The largest absolute Gasteiger partial charge is 0.319 e. The SMILES string of the molecule is CCCC(C)n1[c]nc2ccccc21. The van der Waals surface area contributed by atoms with E-state index in [1.165, 1.54) is 18.4 Å². The minimum Gasteiger partial charge on any atom is -0.319 e. The number of nitrogens with zero attached hydrogens (tertiary/aromatic N) is 2. The van der Waals surface area contributed by atoms with Gasteiger partial charge in [-0.25, -0.2) is 4.98 Å². The maximum atomic E-state index is 4.26. The standard InChI is InChI=1S/C12H15N2/c1-3-6-10(2)14-9-13-11-7-4-5-8-12(11)14/h4-5,7-8,10H,3,6H2,1-2H3. The van der Waals surface area contributed by atoms with Crippen LogP contribution >= 0.6 is 0 Å². The molecular formula is C12H15N2. The lowest BCUT2D eigenvalue weighted by atomic mass is 10.2. The summed E-state index contributed by atoms with van der Waals surface area (Å²) in [4.78, 5) is 4.26. The van der Waals surface area contributed by atoms with Crippen LogP contribution in [0.15, 0.2) is 24.3 Å². The summed E-state index contributed by atoms with van der Waals surface area (Å²) in [6, 6.07) is 8.68. The molecule has 0 N–H and O–H groups in total. The lowest BCUT2D eigenvalue weighted by molar-refractivity contribution is 0.509. The van der Waals surface area contributed by atoms with Crippen molar-refractivity contribution in [2.75, 3.05) is 0 Å². The van der Waals surface area contributed by atoms with Gasteiger partial charge in [0.05, 0.1) is 11.0 Å². The van der Waals surface area contributed by atoms with Gasteiger partial charge in [0.15, 0.2) is 6.33 Å². The third kappa shape index (κ3) is 1.52. The minimum absolute atomic E-state index is 0.493. The van der Waals surface area contributed by atoms with Crippen molar-refractivity contribution in [3.05, 3.63) is 30.6 Å². The molecular weight excluding hydrogens is 172 g/mol. The number of para-hydroxylation sites is 2. The summed E-state index contributed by atoms with van der Waals surface area (Å²) >= 11 is 0. The van der Waals surface area contributed by atoms with Crippen molar-refractivity contribution in [3.63, 3.8) is 0 Å². The van der Waals surface area contributed by atoms with E-state index in [0.29, 0.717) is 6.04 Å². The molecule has 14 heavy (non-hydrogen) atoms. The summed E-state index contributed by atoms with van der Waals surface area (Å²) in [5.41, 5.74) is 2.23. The second-order valence-electron chi connectivity index (χ2n) is 3.71. The molecule has 0 saturated heterocycles. The average Bonchev–Trinajstić information content (AvgIpc) is 2.61. The molecule has 0 spiro atoms. The Hall–Kier alpha value is -1.31. The van der Waals surface area contributed by atoms with Crippen molar-refractivity contribution in [2.45, 2.75) is 32.7 Å².